The molecule has 1 heterocycles. The summed E-state index contributed by atoms with van der Waals surface area (Å²) in [5, 5.41) is 0. The first-order chi connectivity index (χ1) is 4.54. The lowest BCUT2D eigenvalue weighted by atomic mass is 9.90. The highest BCUT2D eigenvalue weighted by atomic mass is 16.6. The van der Waals surface area contributed by atoms with Gasteiger partial charge in [-0.1, -0.05) is 13.8 Å². The molecule has 0 spiro atoms. The molecule has 0 radical (unpaired) electrons. The monoisotopic (exact) mass is 142 g/mol. The van der Waals surface area contributed by atoms with Crippen LogP contribution in [0.25, 0.3) is 0 Å². The predicted molar refractivity (Wildman–Crippen MR) is 38.6 cm³/mol. The van der Waals surface area contributed by atoms with Gasteiger partial charge >= 0.3 is 5.97 Å². The number of carbonyl (C=O) groups is 1. The topological polar surface area (TPSA) is 26.3 Å². The van der Waals surface area contributed by atoms with E-state index in [0.29, 0.717) is 12.3 Å². The maximum Gasteiger partial charge on any atom is 0.306 e. The summed E-state index contributed by atoms with van der Waals surface area (Å²) in [5.41, 5.74) is -0.183. The summed E-state index contributed by atoms with van der Waals surface area (Å²) in [7, 11) is 0. The number of cyclic esters (lactones) is 1. The van der Waals surface area contributed by atoms with E-state index in [4.69, 9.17) is 4.74 Å². The van der Waals surface area contributed by atoms with Gasteiger partial charge in [-0.05, 0) is 19.3 Å². The zero-order chi connectivity index (χ0) is 7.78. The SMILES string of the molecule is CC(C)C1(C)CCC(=O)O1. The molecule has 0 amide bonds. The van der Waals surface area contributed by atoms with E-state index in [1.807, 2.05) is 6.92 Å². The second-order valence-electron chi connectivity index (χ2n) is 3.44. The molecule has 1 fully saturated rings. The first-order valence-electron chi connectivity index (χ1n) is 3.76. The van der Waals surface area contributed by atoms with E-state index < -0.39 is 0 Å². The van der Waals surface area contributed by atoms with Crippen molar-refractivity contribution in [2.24, 2.45) is 5.92 Å². The van der Waals surface area contributed by atoms with Crippen LogP contribution in [0.1, 0.15) is 33.6 Å². The molecule has 58 valence electrons. The van der Waals surface area contributed by atoms with Crippen LogP contribution in [0.3, 0.4) is 0 Å². The number of hydrogen-bond acceptors (Lipinski definition) is 2. The second-order valence-corrected chi connectivity index (χ2v) is 3.44. The van der Waals surface area contributed by atoms with Crippen LogP contribution < -0.4 is 0 Å². The van der Waals surface area contributed by atoms with E-state index in [9.17, 15) is 4.79 Å². The van der Waals surface area contributed by atoms with Crippen LogP contribution in [0.4, 0.5) is 0 Å². The van der Waals surface area contributed by atoms with Gasteiger partial charge in [-0.25, -0.2) is 0 Å². The summed E-state index contributed by atoms with van der Waals surface area (Å²) in [4.78, 5) is 10.7. The van der Waals surface area contributed by atoms with E-state index >= 15 is 0 Å². The number of rotatable bonds is 1. The van der Waals surface area contributed by atoms with E-state index in [2.05, 4.69) is 13.8 Å². The fraction of sp³-hybridized carbons (Fsp3) is 0.875. The molecule has 10 heavy (non-hydrogen) atoms. The number of ether oxygens (including phenoxy) is 1. The molecule has 1 atom stereocenters. The lowest BCUT2D eigenvalue weighted by Gasteiger charge is -2.26. The van der Waals surface area contributed by atoms with Crippen molar-refractivity contribution in [3.8, 4) is 0 Å². The van der Waals surface area contributed by atoms with E-state index in [-0.39, 0.29) is 11.6 Å². The van der Waals surface area contributed by atoms with E-state index in [1.54, 1.807) is 0 Å². The number of hydrogen-bond donors (Lipinski definition) is 0. The summed E-state index contributed by atoms with van der Waals surface area (Å²) >= 11 is 0. The van der Waals surface area contributed by atoms with Crippen LogP contribution in [-0.2, 0) is 9.53 Å². The summed E-state index contributed by atoms with van der Waals surface area (Å²) < 4.78 is 5.17. The molecule has 2 heteroatoms. The molecule has 0 aromatic heterocycles. The van der Waals surface area contributed by atoms with Crippen LogP contribution in [0, 0.1) is 5.92 Å². The Hall–Kier alpha value is -0.530. The van der Waals surface area contributed by atoms with Crippen molar-refractivity contribution in [3.63, 3.8) is 0 Å². The van der Waals surface area contributed by atoms with Crippen LogP contribution >= 0.6 is 0 Å². The van der Waals surface area contributed by atoms with Gasteiger partial charge in [-0.15, -0.1) is 0 Å². The third-order valence-corrected chi connectivity index (χ3v) is 2.39. The highest BCUT2D eigenvalue weighted by molar-refractivity contribution is 5.72. The summed E-state index contributed by atoms with van der Waals surface area (Å²) in [6.07, 6.45) is 1.47. The zero-order valence-corrected chi connectivity index (χ0v) is 6.81. The van der Waals surface area contributed by atoms with Gasteiger partial charge in [0.05, 0.1) is 0 Å². The van der Waals surface area contributed by atoms with Crippen molar-refractivity contribution < 1.29 is 9.53 Å². The molecule has 0 bridgehead atoms. The molecule has 2 nitrogen and oxygen atoms in total. The second kappa shape index (κ2) is 2.26. The Morgan fingerprint density at radius 3 is 2.40 bits per heavy atom. The highest BCUT2D eigenvalue weighted by Crippen LogP contribution is 2.32. The van der Waals surface area contributed by atoms with Crippen molar-refractivity contribution >= 4 is 5.97 Å². The van der Waals surface area contributed by atoms with Gasteiger partial charge in [0.2, 0.25) is 0 Å². The Balaban J connectivity index is 2.63. The third-order valence-electron chi connectivity index (χ3n) is 2.39. The fourth-order valence-electron chi connectivity index (χ4n) is 1.12. The molecule has 1 unspecified atom stereocenters. The normalized spacial score (nSPS) is 33.0. The first-order valence-corrected chi connectivity index (χ1v) is 3.76. The summed E-state index contributed by atoms with van der Waals surface area (Å²) in [6, 6.07) is 0. The van der Waals surface area contributed by atoms with Crippen molar-refractivity contribution in [2.75, 3.05) is 0 Å². The Kier molecular flexibility index (Phi) is 1.71. The molecule has 1 aliphatic heterocycles. The summed E-state index contributed by atoms with van der Waals surface area (Å²) in [5.74, 6) is 0.384. The molecule has 1 saturated heterocycles. The smallest absolute Gasteiger partial charge is 0.306 e. The van der Waals surface area contributed by atoms with Gasteiger partial charge in [0.1, 0.15) is 5.60 Å². The van der Waals surface area contributed by atoms with Gasteiger partial charge in [-0.2, -0.15) is 0 Å². The Morgan fingerprint density at radius 2 is 2.20 bits per heavy atom. The largest absolute Gasteiger partial charge is 0.459 e. The van der Waals surface area contributed by atoms with Crippen molar-refractivity contribution in [3.05, 3.63) is 0 Å². The maximum absolute atomic E-state index is 10.7. The molecule has 0 aromatic carbocycles. The van der Waals surface area contributed by atoms with Crippen LogP contribution in [0.2, 0.25) is 0 Å². The van der Waals surface area contributed by atoms with Crippen molar-refractivity contribution in [1.82, 2.24) is 0 Å². The molecule has 0 saturated carbocycles. The standard InChI is InChI=1S/C8H14O2/c1-6(2)8(3)5-4-7(9)10-8/h6H,4-5H2,1-3H3. The van der Waals surface area contributed by atoms with Crippen molar-refractivity contribution in [2.45, 2.75) is 39.2 Å². The van der Waals surface area contributed by atoms with Crippen LogP contribution in [-0.4, -0.2) is 11.6 Å². The predicted octanol–water partition coefficient (Wildman–Crippen LogP) is 1.74. The average molecular weight is 142 g/mol. The van der Waals surface area contributed by atoms with E-state index in [1.165, 1.54) is 0 Å². The van der Waals surface area contributed by atoms with Gasteiger partial charge in [0.15, 0.2) is 0 Å². The van der Waals surface area contributed by atoms with E-state index in [0.717, 1.165) is 6.42 Å². The Morgan fingerprint density at radius 1 is 1.60 bits per heavy atom. The highest BCUT2D eigenvalue weighted by Gasteiger charge is 2.38. The Bertz CT molecular complexity index is 151. The van der Waals surface area contributed by atoms with Gasteiger partial charge in [-0.3, -0.25) is 4.79 Å². The zero-order valence-electron chi connectivity index (χ0n) is 6.81. The maximum atomic E-state index is 10.7. The van der Waals surface area contributed by atoms with Gasteiger partial charge in [0.25, 0.3) is 0 Å². The minimum absolute atomic E-state index is 0.0452. The van der Waals surface area contributed by atoms with Gasteiger partial charge in [0, 0.05) is 6.42 Å². The molecule has 1 rings (SSSR count). The molecule has 0 aromatic rings. The van der Waals surface area contributed by atoms with Gasteiger partial charge < -0.3 is 4.74 Å². The quantitative estimate of drug-likeness (QED) is 0.521. The third kappa shape index (κ3) is 1.15. The molecule has 1 aliphatic rings. The van der Waals surface area contributed by atoms with Crippen molar-refractivity contribution in [1.29, 1.82) is 0 Å². The fourth-order valence-corrected chi connectivity index (χ4v) is 1.12. The van der Waals surface area contributed by atoms with Crippen LogP contribution in [0.5, 0.6) is 0 Å². The minimum atomic E-state index is -0.183. The minimum Gasteiger partial charge on any atom is -0.459 e. The number of carbonyl (C=O) groups excluding carboxylic acids is 1. The molecular weight excluding hydrogens is 128 g/mol. The molecule has 0 N–H and O–H groups in total. The molecular formula is C8H14O2. The molecule has 0 aliphatic carbocycles. The van der Waals surface area contributed by atoms with Crippen LogP contribution in [0.15, 0.2) is 0 Å². The summed E-state index contributed by atoms with van der Waals surface area (Å²) in [6.45, 7) is 6.17. The Labute approximate surface area is 61.6 Å². The lowest BCUT2D eigenvalue weighted by molar-refractivity contribution is -0.150. The number of esters is 1. The lowest BCUT2D eigenvalue weighted by Crippen LogP contribution is -2.30. The first kappa shape index (κ1) is 7.58. The average Bonchev–Trinajstić information content (AvgIpc) is 2.13.